The largest absolute Gasteiger partial charge is 0.461 e. The van der Waals surface area contributed by atoms with Gasteiger partial charge in [0.05, 0.1) is 12.1 Å². The van der Waals surface area contributed by atoms with Crippen molar-refractivity contribution in [3.63, 3.8) is 0 Å². The van der Waals surface area contributed by atoms with Gasteiger partial charge in [-0.15, -0.1) is 0 Å². The molecule has 3 heterocycles. The normalized spacial score (nSPS) is 17.9. The van der Waals surface area contributed by atoms with Crippen LogP contribution < -0.4 is 0 Å². The van der Waals surface area contributed by atoms with Crippen LogP contribution in [0.25, 0.3) is 11.1 Å². The molecule has 2 aromatic rings. The maximum atomic E-state index is 12.9. The van der Waals surface area contributed by atoms with Crippen molar-refractivity contribution >= 4 is 23.0 Å². The van der Waals surface area contributed by atoms with Gasteiger partial charge in [-0.1, -0.05) is 6.92 Å². The van der Waals surface area contributed by atoms with Gasteiger partial charge in [-0.25, -0.2) is 4.79 Å². The molecule has 0 N–H and O–H groups in total. The van der Waals surface area contributed by atoms with Crippen LogP contribution in [-0.4, -0.2) is 40.5 Å². The molecule has 1 amide bonds. The fourth-order valence-electron chi connectivity index (χ4n) is 3.69. The fourth-order valence-corrected chi connectivity index (χ4v) is 3.69. The topological polar surface area (TPSA) is 64.7 Å². The number of likely N-dealkylation sites (tertiary alicyclic amines) is 1. The number of amides is 1. The zero-order chi connectivity index (χ0) is 18.0. The Balaban J connectivity index is 1.91. The van der Waals surface area contributed by atoms with E-state index in [0.717, 1.165) is 37.1 Å². The minimum Gasteiger partial charge on any atom is -0.461 e. The third kappa shape index (κ3) is 3.43. The van der Waals surface area contributed by atoms with Gasteiger partial charge in [-0.3, -0.25) is 4.79 Å². The van der Waals surface area contributed by atoms with Crippen LogP contribution in [0.3, 0.4) is 0 Å². The third-order valence-electron chi connectivity index (χ3n) is 4.91. The highest BCUT2D eigenvalue weighted by atomic mass is 16.5. The first-order chi connectivity index (χ1) is 12.0. The molecular weight excluding hydrogens is 320 g/mol. The van der Waals surface area contributed by atoms with E-state index < -0.39 is 5.97 Å². The van der Waals surface area contributed by atoms with Gasteiger partial charge in [0.2, 0.25) is 5.91 Å². The summed E-state index contributed by atoms with van der Waals surface area (Å²) in [7, 11) is 0. The number of nitrogens with zero attached hydrogens (tertiary/aromatic N) is 2. The highest BCUT2D eigenvalue weighted by molar-refractivity contribution is 5.95. The van der Waals surface area contributed by atoms with Gasteiger partial charge in [-0.05, 0) is 39.5 Å². The van der Waals surface area contributed by atoms with E-state index in [1.807, 2.05) is 17.9 Å². The monoisotopic (exact) mass is 346 g/mol. The van der Waals surface area contributed by atoms with Gasteiger partial charge >= 0.3 is 5.97 Å². The van der Waals surface area contributed by atoms with E-state index in [-0.39, 0.29) is 12.5 Å². The number of ether oxygens (including phenoxy) is 1. The van der Waals surface area contributed by atoms with Gasteiger partial charge in [0, 0.05) is 24.7 Å². The summed E-state index contributed by atoms with van der Waals surface area (Å²) in [6.07, 6.45) is 4.23. The quantitative estimate of drug-likeness (QED) is 0.777. The van der Waals surface area contributed by atoms with E-state index in [4.69, 9.17) is 9.15 Å². The molecule has 1 fully saturated rings. The summed E-state index contributed by atoms with van der Waals surface area (Å²) >= 11 is 0. The van der Waals surface area contributed by atoms with Crippen molar-refractivity contribution in [1.82, 2.24) is 9.47 Å². The van der Waals surface area contributed by atoms with Gasteiger partial charge < -0.3 is 18.6 Å². The second kappa shape index (κ2) is 7.33. The Morgan fingerprint density at radius 2 is 2.08 bits per heavy atom. The molecule has 0 saturated carbocycles. The van der Waals surface area contributed by atoms with E-state index >= 15 is 0 Å². The van der Waals surface area contributed by atoms with E-state index in [0.29, 0.717) is 23.9 Å². The predicted octanol–water partition coefficient (Wildman–Crippen LogP) is 3.51. The molecule has 1 atom stereocenters. The average molecular weight is 346 g/mol. The average Bonchev–Trinajstić information content (AvgIpc) is 3.12. The first kappa shape index (κ1) is 17.6. The molecule has 2 aromatic heterocycles. The number of aromatic nitrogens is 1. The standard InChI is InChI=1S/C19H26N2O4/c1-4-14-8-6-7-9-20(14)18(22)12-21-15-10-13(3)25-17(15)11-16(21)19(23)24-5-2/h10-11,14H,4-9,12H2,1-3H3/t14-/m0/s1. The lowest BCUT2D eigenvalue weighted by molar-refractivity contribution is -0.135. The van der Waals surface area contributed by atoms with Gasteiger partial charge in [0.25, 0.3) is 0 Å². The molecule has 0 radical (unpaired) electrons. The maximum Gasteiger partial charge on any atom is 0.355 e. The van der Waals surface area contributed by atoms with Crippen molar-refractivity contribution in [3.8, 4) is 0 Å². The van der Waals surface area contributed by atoms with Gasteiger partial charge in [0.1, 0.15) is 18.0 Å². The van der Waals surface area contributed by atoms with Crippen LogP contribution in [0.1, 0.15) is 55.8 Å². The van der Waals surface area contributed by atoms with Crippen LogP contribution in [-0.2, 0) is 16.1 Å². The van der Waals surface area contributed by atoms with E-state index in [1.54, 1.807) is 17.6 Å². The number of esters is 1. The van der Waals surface area contributed by atoms with E-state index in [2.05, 4.69) is 6.92 Å². The number of piperidine rings is 1. The number of carbonyl (C=O) groups excluding carboxylic acids is 2. The number of hydrogen-bond donors (Lipinski definition) is 0. The molecular formula is C19H26N2O4. The molecule has 1 aliphatic heterocycles. The molecule has 0 bridgehead atoms. The van der Waals surface area contributed by atoms with Crippen molar-refractivity contribution in [2.24, 2.45) is 0 Å². The van der Waals surface area contributed by atoms with Crippen LogP contribution in [0.15, 0.2) is 16.5 Å². The summed E-state index contributed by atoms with van der Waals surface area (Å²) in [4.78, 5) is 27.2. The van der Waals surface area contributed by atoms with Crippen molar-refractivity contribution in [2.75, 3.05) is 13.2 Å². The molecule has 0 unspecified atom stereocenters. The molecule has 3 rings (SSSR count). The van der Waals surface area contributed by atoms with Crippen LogP contribution in [0.5, 0.6) is 0 Å². The predicted molar refractivity (Wildman–Crippen MR) is 94.5 cm³/mol. The lowest BCUT2D eigenvalue weighted by atomic mass is 10.00. The van der Waals surface area contributed by atoms with Crippen molar-refractivity contribution in [2.45, 2.75) is 59.0 Å². The fraction of sp³-hybridized carbons (Fsp3) is 0.579. The van der Waals surface area contributed by atoms with Gasteiger partial charge in [-0.2, -0.15) is 0 Å². The molecule has 1 saturated heterocycles. The van der Waals surface area contributed by atoms with Crippen LogP contribution in [0.2, 0.25) is 0 Å². The third-order valence-corrected chi connectivity index (χ3v) is 4.91. The molecule has 0 aliphatic carbocycles. The molecule has 0 spiro atoms. The van der Waals surface area contributed by atoms with Crippen LogP contribution in [0.4, 0.5) is 0 Å². The zero-order valence-electron chi connectivity index (χ0n) is 15.2. The Morgan fingerprint density at radius 3 is 2.80 bits per heavy atom. The second-order valence-corrected chi connectivity index (χ2v) is 6.59. The van der Waals surface area contributed by atoms with E-state index in [1.165, 1.54) is 6.42 Å². The Morgan fingerprint density at radius 1 is 1.28 bits per heavy atom. The summed E-state index contributed by atoms with van der Waals surface area (Å²) in [5.41, 5.74) is 1.74. The summed E-state index contributed by atoms with van der Waals surface area (Å²) in [5.74, 6) is 0.379. The summed E-state index contributed by atoms with van der Waals surface area (Å²) < 4.78 is 12.5. The SMILES string of the molecule is CCOC(=O)c1cc2oc(C)cc2n1CC(=O)N1CCCC[C@@H]1CC. The van der Waals surface area contributed by atoms with Crippen molar-refractivity contribution < 1.29 is 18.7 Å². The first-order valence-corrected chi connectivity index (χ1v) is 9.11. The Labute approximate surface area is 147 Å². The molecule has 25 heavy (non-hydrogen) atoms. The number of hydrogen-bond acceptors (Lipinski definition) is 4. The lowest BCUT2D eigenvalue weighted by Gasteiger charge is -2.35. The molecule has 0 aromatic carbocycles. The second-order valence-electron chi connectivity index (χ2n) is 6.59. The highest BCUT2D eigenvalue weighted by Crippen LogP contribution is 2.26. The number of rotatable bonds is 5. The number of aryl methyl sites for hydroxylation is 1. The zero-order valence-corrected chi connectivity index (χ0v) is 15.2. The van der Waals surface area contributed by atoms with Crippen molar-refractivity contribution in [1.29, 1.82) is 0 Å². The highest BCUT2D eigenvalue weighted by Gasteiger charge is 2.28. The Bertz CT molecular complexity index is 774. The maximum absolute atomic E-state index is 12.9. The Kier molecular flexibility index (Phi) is 5.16. The Hall–Kier alpha value is -2.24. The summed E-state index contributed by atoms with van der Waals surface area (Å²) in [6, 6.07) is 3.82. The van der Waals surface area contributed by atoms with Crippen LogP contribution >= 0.6 is 0 Å². The number of carbonyl (C=O) groups is 2. The van der Waals surface area contributed by atoms with Crippen LogP contribution in [0, 0.1) is 6.92 Å². The van der Waals surface area contributed by atoms with Crippen molar-refractivity contribution in [3.05, 3.63) is 23.6 Å². The lowest BCUT2D eigenvalue weighted by Crippen LogP contribution is -2.45. The van der Waals surface area contributed by atoms with E-state index in [9.17, 15) is 9.59 Å². The molecule has 6 heteroatoms. The van der Waals surface area contributed by atoms with Gasteiger partial charge in [0.15, 0.2) is 5.58 Å². The smallest absolute Gasteiger partial charge is 0.355 e. The minimum absolute atomic E-state index is 0.0495. The minimum atomic E-state index is -0.426. The molecule has 1 aliphatic rings. The summed E-state index contributed by atoms with van der Waals surface area (Å²) in [5, 5.41) is 0. The first-order valence-electron chi connectivity index (χ1n) is 9.11. The number of furan rings is 1. The number of fused-ring (bicyclic) bond motifs is 1. The molecule has 6 nitrogen and oxygen atoms in total. The summed E-state index contributed by atoms with van der Waals surface area (Å²) in [6.45, 7) is 6.96. The molecule has 136 valence electrons.